The molecule has 1 aliphatic rings. The Labute approximate surface area is 163 Å². The Balaban J connectivity index is 1.74. The van der Waals surface area contributed by atoms with Crippen molar-refractivity contribution in [2.45, 2.75) is 135 Å². The van der Waals surface area contributed by atoms with Gasteiger partial charge in [-0.15, -0.1) is 0 Å². The number of aliphatic imine (C=N–C) groups is 1. The summed E-state index contributed by atoms with van der Waals surface area (Å²) >= 11 is 0. The summed E-state index contributed by atoms with van der Waals surface area (Å²) in [5, 5.41) is 12.9. The minimum Gasteiger partial charge on any atom is -0.391 e. The van der Waals surface area contributed by atoms with Crippen molar-refractivity contribution in [3.63, 3.8) is 0 Å². The van der Waals surface area contributed by atoms with E-state index in [4.69, 9.17) is 0 Å². The van der Waals surface area contributed by atoms with Crippen LogP contribution in [0.15, 0.2) is 4.99 Å². The summed E-state index contributed by atoms with van der Waals surface area (Å²) in [5.41, 5.74) is 0. The predicted molar refractivity (Wildman–Crippen MR) is 115 cm³/mol. The zero-order valence-electron chi connectivity index (χ0n) is 17.8. The van der Waals surface area contributed by atoms with Crippen LogP contribution in [-0.4, -0.2) is 29.6 Å². The number of hydrogen-bond acceptors (Lipinski definition) is 3. The van der Waals surface area contributed by atoms with E-state index in [-0.39, 0.29) is 12.1 Å². The maximum absolute atomic E-state index is 9.54. The van der Waals surface area contributed by atoms with E-state index < -0.39 is 0 Å². The number of aliphatic hydroxyl groups is 1. The van der Waals surface area contributed by atoms with E-state index in [2.05, 4.69) is 17.2 Å². The minimum atomic E-state index is -0.328. The summed E-state index contributed by atoms with van der Waals surface area (Å²) < 4.78 is 0. The summed E-state index contributed by atoms with van der Waals surface area (Å²) in [4.78, 5) is 4.55. The fraction of sp³-hybridized carbons (Fsp3) is 0.957. The van der Waals surface area contributed by atoms with Crippen molar-refractivity contribution in [1.82, 2.24) is 5.32 Å². The number of nitrogens with one attached hydrogen (secondary N) is 1. The second kappa shape index (κ2) is 16.6. The van der Waals surface area contributed by atoms with Gasteiger partial charge < -0.3 is 10.4 Å². The van der Waals surface area contributed by atoms with Gasteiger partial charge in [-0.1, -0.05) is 103 Å². The molecule has 0 aromatic heterocycles. The van der Waals surface area contributed by atoms with E-state index in [1.165, 1.54) is 103 Å². The van der Waals surface area contributed by atoms with Crippen LogP contribution in [0.5, 0.6) is 0 Å². The molecule has 0 saturated heterocycles. The summed E-state index contributed by atoms with van der Waals surface area (Å²) in [6, 6.07) is 0.0751. The highest BCUT2D eigenvalue weighted by Crippen LogP contribution is 2.14. The van der Waals surface area contributed by atoms with E-state index >= 15 is 0 Å². The molecule has 154 valence electrons. The van der Waals surface area contributed by atoms with Crippen molar-refractivity contribution in [1.29, 1.82) is 0 Å². The van der Waals surface area contributed by atoms with Crippen LogP contribution in [0.25, 0.3) is 0 Å². The van der Waals surface area contributed by atoms with Crippen molar-refractivity contribution in [3.8, 4) is 0 Å². The van der Waals surface area contributed by atoms with Gasteiger partial charge in [0.1, 0.15) is 0 Å². The van der Waals surface area contributed by atoms with Crippen LogP contribution >= 0.6 is 0 Å². The molecule has 0 fully saturated rings. The van der Waals surface area contributed by atoms with Crippen LogP contribution in [0.2, 0.25) is 0 Å². The SMILES string of the molecule is CCCCCCCCCCCCCCCCCCC1=NC(C(C)O)CN1. The maximum Gasteiger partial charge on any atom is 0.0969 e. The van der Waals surface area contributed by atoms with E-state index in [0.29, 0.717) is 0 Å². The van der Waals surface area contributed by atoms with Crippen molar-refractivity contribution < 1.29 is 5.11 Å². The number of amidine groups is 1. The first-order valence-electron chi connectivity index (χ1n) is 11.7. The molecule has 0 aromatic carbocycles. The number of unbranched alkanes of at least 4 members (excludes halogenated alkanes) is 15. The highest BCUT2D eigenvalue weighted by atomic mass is 16.3. The zero-order chi connectivity index (χ0) is 18.9. The molecule has 2 atom stereocenters. The van der Waals surface area contributed by atoms with Gasteiger partial charge in [0.15, 0.2) is 0 Å². The molecule has 0 amide bonds. The van der Waals surface area contributed by atoms with E-state index in [1.807, 2.05) is 6.92 Å². The fourth-order valence-electron chi connectivity index (χ4n) is 3.79. The van der Waals surface area contributed by atoms with Crippen LogP contribution in [0.1, 0.15) is 123 Å². The Hall–Kier alpha value is -0.570. The smallest absolute Gasteiger partial charge is 0.0969 e. The lowest BCUT2D eigenvalue weighted by atomic mass is 10.0. The van der Waals surface area contributed by atoms with Gasteiger partial charge in [0.05, 0.1) is 18.0 Å². The van der Waals surface area contributed by atoms with E-state index in [9.17, 15) is 5.11 Å². The molecule has 26 heavy (non-hydrogen) atoms. The predicted octanol–water partition coefficient (Wildman–Crippen LogP) is 6.39. The standard InChI is InChI=1S/C23H46N2O/c1-3-4-5-6-7-8-9-10-11-12-13-14-15-16-17-18-19-23-24-20-22(25-23)21(2)26/h21-22,26H,3-20H2,1-2H3,(H,24,25). The van der Waals surface area contributed by atoms with Crippen molar-refractivity contribution in [3.05, 3.63) is 0 Å². The summed E-state index contributed by atoms with van der Waals surface area (Å²) in [5.74, 6) is 1.11. The molecular formula is C23H46N2O. The van der Waals surface area contributed by atoms with Gasteiger partial charge in [0.25, 0.3) is 0 Å². The number of aliphatic hydroxyl groups excluding tert-OH is 1. The molecule has 1 aliphatic heterocycles. The Morgan fingerprint density at radius 3 is 1.62 bits per heavy atom. The van der Waals surface area contributed by atoms with Crippen molar-refractivity contribution in [2.24, 2.45) is 4.99 Å². The number of rotatable bonds is 18. The Morgan fingerprint density at radius 1 is 0.808 bits per heavy atom. The van der Waals surface area contributed by atoms with Crippen LogP contribution in [-0.2, 0) is 0 Å². The first-order chi connectivity index (χ1) is 12.7. The van der Waals surface area contributed by atoms with Gasteiger partial charge in [0, 0.05) is 13.0 Å². The Kier molecular flexibility index (Phi) is 15.0. The van der Waals surface area contributed by atoms with Crippen LogP contribution in [0.3, 0.4) is 0 Å². The van der Waals surface area contributed by atoms with E-state index in [1.54, 1.807) is 0 Å². The molecule has 2 unspecified atom stereocenters. The van der Waals surface area contributed by atoms with Crippen LogP contribution < -0.4 is 5.32 Å². The van der Waals surface area contributed by atoms with Crippen LogP contribution in [0.4, 0.5) is 0 Å². The molecule has 0 radical (unpaired) electrons. The molecule has 0 bridgehead atoms. The molecule has 0 aliphatic carbocycles. The van der Waals surface area contributed by atoms with Gasteiger partial charge in [0.2, 0.25) is 0 Å². The third-order valence-corrected chi connectivity index (χ3v) is 5.66. The average Bonchev–Trinajstić information content (AvgIpc) is 3.10. The number of nitrogens with zero attached hydrogens (tertiary/aromatic N) is 1. The summed E-state index contributed by atoms with van der Waals surface area (Å²) in [6.45, 7) is 4.93. The molecule has 0 saturated carbocycles. The van der Waals surface area contributed by atoms with Gasteiger partial charge in [-0.2, -0.15) is 0 Å². The topological polar surface area (TPSA) is 44.6 Å². The fourth-order valence-corrected chi connectivity index (χ4v) is 3.79. The lowest BCUT2D eigenvalue weighted by Gasteiger charge is -2.07. The molecular weight excluding hydrogens is 320 g/mol. The highest BCUT2D eigenvalue weighted by Gasteiger charge is 2.20. The third kappa shape index (κ3) is 12.7. The minimum absolute atomic E-state index is 0.0751. The van der Waals surface area contributed by atoms with Gasteiger partial charge in [-0.05, 0) is 13.3 Å². The molecule has 2 N–H and O–H groups in total. The maximum atomic E-state index is 9.54. The molecule has 1 heterocycles. The van der Waals surface area contributed by atoms with Crippen molar-refractivity contribution >= 4 is 5.84 Å². The highest BCUT2D eigenvalue weighted by molar-refractivity contribution is 5.83. The Morgan fingerprint density at radius 2 is 1.23 bits per heavy atom. The molecule has 0 aromatic rings. The second-order valence-corrected chi connectivity index (χ2v) is 8.32. The molecule has 3 nitrogen and oxygen atoms in total. The average molecular weight is 367 g/mol. The summed E-state index contributed by atoms with van der Waals surface area (Å²) in [6.07, 6.45) is 23.3. The first-order valence-corrected chi connectivity index (χ1v) is 11.7. The molecule has 1 rings (SSSR count). The van der Waals surface area contributed by atoms with Gasteiger partial charge in [-0.25, -0.2) is 0 Å². The normalized spacial score (nSPS) is 18.0. The first kappa shape index (κ1) is 23.5. The number of hydrogen-bond donors (Lipinski definition) is 2. The van der Waals surface area contributed by atoms with Crippen LogP contribution in [0, 0.1) is 0 Å². The second-order valence-electron chi connectivity index (χ2n) is 8.32. The van der Waals surface area contributed by atoms with E-state index in [0.717, 1.165) is 18.8 Å². The quantitative estimate of drug-likeness (QED) is 0.276. The largest absolute Gasteiger partial charge is 0.391 e. The van der Waals surface area contributed by atoms with Gasteiger partial charge >= 0.3 is 0 Å². The molecule has 0 spiro atoms. The van der Waals surface area contributed by atoms with Gasteiger partial charge in [-0.3, -0.25) is 4.99 Å². The summed E-state index contributed by atoms with van der Waals surface area (Å²) in [7, 11) is 0. The molecule has 3 heteroatoms. The van der Waals surface area contributed by atoms with Crippen molar-refractivity contribution in [2.75, 3.05) is 6.54 Å². The zero-order valence-corrected chi connectivity index (χ0v) is 17.8. The lowest BCUT2D eigenvalue weighted by Crippen LogP contribution is -2.27. The lowest BCUT2D eigenvalue weighted by molar-refractivity contribution is 0.169. The Bertz CT molecular complexity index is 341. The third-order valence-electron chi connectivity index (χ3n) is 5.66. The monoisotopic (exact) mass is 366 g/mol.